The molecule has 2 aromatic rings. The van der Waals surface area contributed by atoms with E-state index in [-0.39, 0.29) is 11.8 Å². The van der Waals surface area contributed by atoms with E-state index < -0.39 is 0 Å². The average molecular weight is 369 g/mol. The number of halogens is 1. The van der Waals surface area contributed by atoms with Gasteiger partial charge in [0.1, 0.15) is 5.82 Å². The number of nitrogen functional groups attached to an aromatic ring is 1. The van der Waals surface area contributed by atoms with E-state index in [0.29, 0.717) is 17.9 Å². The molecule has 2 heterocycles. The molecule has 7 heteroatoms. The maximum atomic E-state index is 12.3. The molecule has 0 spiro atoms. The van der Waals surface area contributed by atoms with E-state index in [9.17, 15) is 4.79 Å². The van der Waals surface area contributed by atoms with Gasteiger partial charge in [-0.3, -0.25) is 4.79 Å². The van der Waals surface area contributed by atoms with Gasteiger partial charge >= 0.3 is 0 Å². The second-order valence-electron chi connectivity index (χ2n) is 4.88. The summed E-state index contributed by atoms with van der Waals surface area (Å²) in [5.41, 5.74) is 3.88. The predicted octanol–water partition coefficient (Wildman–Crippen LogP) is 3.24. The molecule has 0 bridgehead atoms. The van der Waals surface area contributed by atoms with Crippen molar-refractivity contribution in [2.45, 2.75) is 26.3 Å². The first kappa shape index (κ1) is 15.9. The number of carbonyl (C=O) groups excluding carboxylic acids is 1. The molecule has 2 aromatic heterocycles. The highest BCUT2D eigenvalue weighted by Crippen LogP contribution is 2.20. The molecule has 0 saturated carbocycles. The van der Waals surface area contributed by atoms with Gasteiger partial charge in [-0.2, -0.15) is 0 Å². The van der Waals surface area contributed by atoms with Gasteiger partial charge in [0.25, 0.3) is 5.91 Å². The highest BCUT2D eigenvalue weighted by Gasteiger charge is 2.12. The second kappa shape index (κ2) is 7.02. The smallest absolute Gasteiger partial charge is 0.251 e. The number of thiophene rings is 1. The van der Waals surface area contributed by atoms with Crippen LogP contribution in [0, 0.1) is 0 Å². The maximum Gasteiger partial charge on any atom is 0.251 e. The zero-order chi connectivity index (χ0) is 15.4. The van der Waals surface area contributed by atoms with E-state index >= 15 is 0 Å². The Morgan fingerprint density at radius 3 is 2.76 bits per heavy atom. The van der Waals surface area contributed by atoms with Gasteiger partial charge in [0.05, 0.1) is 6.54 Å². The zero-order valence-electron chi connectivity index (χ0n) is 11.8. The van der Waals surface area contributed by atoms with E-state index in [4.69, 9.17) is 5.84 Å². The molecule has 0 unspecified atom stereocenters. The number of amides is 1. The van der Waals surface area contributed by atoms with Gasteiger partial charge in [-0.15, -0.1) is 11.3 Å². The summed E-state index contributed by atoms with van der Waals surface area (Å²) in [5.74, 6) is 5.98. The number of nitrogens with one attached hydrogen (secondary N) is 2. The van der Waals surface area contributed by atoms with Crippen molar-refractivity contribution in [3.63, 3.8) is 0 Å². The summed E-state index contributed by atoms with van der Waals surface area (Å²) in [7, 11) is 0. The number of hydrogen-bond donors (Lipinski definition) is 3. The molecule has 0 radical (unpaired) electrons. The number of anilines is 1. The van der Waals surface area contributed by atoms with Gasteiger partial charge in [0, 0.05) is 26.0 Å². The molecule has 4 N–H and O–H groups in total. The Bertz CT molecular complexity index is 642. The highest BCUT2D eigenvalue weighted by molar-refractivity contribution is 9.10. The Labute approximate surface area is 136 Å². The molecule has 1 amide bonds. The Balaban J connectivity index is 2.12. The first-order valence-corrected chi connectivity index (χ1v) is 8.16. The van der Waals surface area contributed by atoms with Crippen molar-refractivity contribution in [1.29, 1.82) is 0 Å². The van der Waals surface area contributed by atoms with E-state index in [0.717, 1.165) is 15.0 Å². The SMILES string of the molecule is CC(C)c1cc(C(=O)NCc2cc(Br)cs2)cc(NN)n1. The molecule has 5 nitrogen and oxygen atoms in total. The Morgan fingerprint density at radius 1 is 1.43 bits per heavy atom. The number of rotatable bonds is 5. The topological polar surface area (TPSA) is 80.0 Å². The number of nitrogens with two attached hydrogens (primary N) is 1. The van der Waals surface area contributed by atoms with Gasteiger partial charge in [-0.25, -0.2) is 10.8 Å². The fraction of sp³-hybridized carbons (Fsp3) is 0.286. The molecule has 0 aromatic carbocycles. The lowest BCUT2D eigenvalue weighted by Crippen LogP contribution is -2.23. The van der Waals surface area contributed by atoms with Crippen molar-refractivity contribution in [3.05, 3.63) is 44.2 Å². The molecule has 0 aliphatic rings. The van der Waals surface area contributed by atoms with E-state index in [1.165, 1.54) is 0 Å². The molecular weight excluding hydrogens is 352 g/mol. The number of hydrogen-bond acceptors (Lipinski definition) is 5. The van der Waals surface area contributed by atoms with Crippen LogP contribution < -0.4 is 16.6 Å². The molecule has 21 heavy (non-hydrogen) atoms. The van der Waals surface area contributed by atoms with Crippen LogP contribution in [0.2, 0.25) is 0 Å². The third-order valence-electron chi connectivity index (χ3n) is 2.89. The predicted molar refractivity (Wildman–Crippen MR) is 89.3 cm³/mol. The number of pyridine rings is 1. The number of aromatic nitrogens is 1. The number of nitrogens with zero attached hydrogens (tertiary/aromatic N) is 1. The lowest BCUT2D eigenvalue weighted by Gasteiger charge is -2.11. The second-order valence-corrected chi connectivity index (χ2v) is 6.79. The fourth-order valence-electron chi connectivity index (χ4n) is 1.77. The van der Waals surface area contributed by atoms with Crippen LogP contribution in [0.4, 0.5) is 5.82 Å². The van der Waals surface area contributed by atoms with Crippen molar-refractivity contribution in [1.82, 2.24) is 10.3 Å². The van der Waals surface area contributed by atoms with Gasteiger partial charge in [0.2, 0.25) is 0 Å². The first-order valence-electron chi connectivity index (χ1n) is 6.49. The molecule has 0 aliphatic carbocycles. The zero-order valence-corrected chi connectivity index (χ0v) is 14.2. The highest BCUT2D eigenvalue weighted by atomic mass is 79.9. The fourth-order valence-corrected chi connectivity index (χ4v) is 3.16. The lowest BCUT2D eigenvalue weighted by molar-refractivity contribution is 0.0951. The van der Waals surface area contributed by atoms with Crippen LogP contribution in [0.1, 0.15) is 40.7 Å². The van der Waals surface area contributed by atoms with Crippen LogP contribution in [0.3, 0.4) is 0 Å². The Kier molecular flexibility index (Phi) is 5.33. The molecule has 0 fully saturated rings. The summed E-state index contributed by atoms with van der Waals surface area (Å²) in [6, 6.07) is 5.43. The third-order valence-corrected chi connectivity index (χ3v) is 4.59. The van der Waals surface area contributed by atoms with Crippen molar-refractivity contribution in [2.75, 3.05) is 5.43 Å². The minimum Gasteiger partial charge on any atom is -0.347 e. The van der Waals surface area contributed by atoms with Crippen LogP contribution in [-0.2, 0) is 6.54 Å². The van der Waals surface area contributed by atoms with Gasteiger partial charge < -0.3 is 10.7 Å². The summed E-state index contributed by atoms with van der Waals surface area (Å²) in [5, 5.41) is 4.89. The van der Waals surface area contributed by atoms with E-state index in [2.05, 4.69) is 31.7 Å². The normalized spacial score (nSPS) is 10.7. The number of hydrazine groups is 1. The summed E-state index contributed by atoms with van der Waals surface area (Å²) in [4.78, 5) is 17.7. The van der Waals surface area contributed by atoms with Gasteiger partial charge in [-0.05, 0) is 40.0 Å². The standard InChI is InChI=1S/C14H17BrN4OS/c1-8(2)12-3-9(4-13(18-12)19-16)14(20)17-6-11-5-10(15)7-21-11/h3-5,7-8H,6,16H2,1-2H3,(H,17,20)(H,18,19). The van der Waals surface area contributed by atoms with Crippen LogP contribution >= 0.6 is 27.3 Å². The molecule has 0 saturated heterocycles. The van der Waals surface area contributed by atoms with Gasteiger partial charge in [-0.1, -0.05) is 13.8 Å². The van der Waals surface area contributed by atoms with Gasteiger partial charge in [0.15, 0.2) is 0 Å². The summed E-state index contributed by atoms with van der Waals surface area (Å²) < 4.78 is 1.03. The first-order chi connectivity index (χ1) is 9.99. The third kappa shape index (κ3) is 4.26. The Hall–Kier alpha value is -1.44. The van der Waals surface area contributed by atoms with Crippen LogP contribution in [0.25, 0.3) is 0 Å². The number of carbonyl (C=O) groups is 1. The lowest BCUT2D eigenvalue weighted by atomic mass is 10.1. The maximum absolute atomic E-state index is 12.3. The average Bonchev–Trinajstić information content (AvgIpc) is 2.89. The van der Waals surface area contributed by atoms with Crippen molar-refractivity contribution in [2.24, 2.45) is 5.84 Å². The molecular formula is C14H17BrN4OS. The molecule has 2 rings (SSSR count). The summed E-state index contributed by atoms with van der Waals surface area (Å²) in [6.07, 6.45) is 0. The Morgan fingerprint density at radius 2 is 2.19 bits per heavy atom. The largest absolute Gasteiger partial charge is 0.347 e. The molecule has 112 valence electrons. The monoisotopic (exact) mass is 368 g/mol. The van der Waals surface area contributed by atoms with Crippen molar-refractivity contribution in [3.8, 4) is 0 Å². The van der Waals surface area contributed by atoms with E-state index in [1.54, 1.807) is 23.5 Å². The van der Waals surface area contributed by atoms with Crippen molar-refractivity contribution >= 4 is 39.0 Å². The molecule has 0 atom stereocenters. The summed E-state index contributed by atoms with van der Waals surface area (Å²) >= 11 is 4.99. The minimum atomic E-state index is -0.139. The van der Waals surface area contributed by atoms with Crippen LogP contribution in [0.5, 0.6) is 0 Å². The summed E-state index contributed by atoms with van der Waals surface area (Å²) in [6.45, 7) is 4.54. The minimum absolute atomic E-state index is 0.139. The molecule has 0 aliphatic heterocycles. The van der Waals surface area contributed by atoms with E-state index in [1.807, 2.05) is 25.3 Å². The van der Waals surface area contributed by atoms with Crippen LogP contribution in [0.15, 0.2) is 28.1 Å². The quantitative estimate of drug-likeness (QED) is 0.558. The van der Waals surface area contributed by atoms with Crippen molar-refractivity contribution < 1.29 is 4.79 Å². The van der Waals surface area contributed by atoms with Crippen LogP contribution in [-0.4, -0.2) is 10.9 Å².